The molecule has 0 spiro atoms. The Labute approximate surface area is 133 Å². The van der Waals surface area contributed by atoms with Gasteiger partial charge in [-0.05, 0) is 25.0 Å². The maximum absolute atomic E-state index is 14.0. The van der Waals surface area contributed by atoms with Crippen LogP contribution in [0.2, 0.25) is 5.02 Å². The van der Waals surface area contributed by atoms with E-state index in [2.05, 4.69) is 15.0 Å². The molecule has 118 valence electrons. The molecule has 0 radical (unpaired) electrons. The van der Waals surface area contributed by atoms with Gasteiger partial charge < -0.3 is 4.42 Å². The van der Waals surface area contributed by atoms with Crippen LogP contribution in [0.5, 0.6) is 0 Å². The van der Waals surface area contributed by atoms with Gasteiger partial charge in [-0.25, -0.2) is 4.79 Å². The minimum absolute atomic E-state index is 0.221. The monoisotopic (exact) mass is 337 g/mol. The molecule has 0 atom stereocenters. The highest BCUT2D eigenvalue weighted by Crippen LogP contribution is 2.48. The summed E-state index contributed by atoms with van der Waals surface area (Å²) in [6, 6.07) is 3.17. The third kappa shape index (κ3) is 2.31. The number of aromatic amines is 1. The fraction of sp³-hybridized carbons (Fsp3) is 0.267. The topological polar surface area (TPSA) is 71.8 Å². The number of H-pyrrole nitrogens is 1. The molecule has 0 unspecified atom stereocenters. The van der Waals surface area contributed by atoms with Crippen LogP contribution in [0, 0.1) is 5.92 Å². The fourth-order valence-corrected chi connectivity index (χ4v) is 2.69. The summed E-state index contributed by atoms with van der Waals surface area (Å²) in [6.45, 7) is 0. The van der Waals surface area contributed by atoms with Gasteiger partial charge in [0, 0.05) is 11.5 Å². The third-order valence-corrected chi connectivity index (χ3v) is 4.20. The van der Waals surface area contributed by atoms with Crippen LogP contribution in [0.1, 0.15) is 18.5 Å². The molecule has 0 saturated heterocycles. The Bertz CT molecular complexity index is 946. The van der Waals surface area contributed by atoms with E-state index in [0.29, 0.717) is 34.6 Å². The first-order valence-corrected chi connectivity index (χ1v) is 7.36. The zero-order valence-corrected chi connectivity index (χ0v) is 12.4. The largest absolute Gasteiger partial charge is 0.417 e. The molecule has 1 fully saturated rings. The number of nitrogens with zero attached hydrogens (tertiary/aromatic N) is 2. The second kappa shape index (κ2) is 4.86. The Morgan fingerprint density at radius 3 is 2.70 bits per heavy atom. The number of aromatic nitrogens is 3. The number of hydrogen-bond donors (Lipinski definition) is 1. The molecule has 0 bridgehead atoms. The van der Waals surface area contributed by atoms with Crippen molar-refractivity contribution in [1.82, 2.24) is 15.0 Å². The van der Waals surface area contributed by atoms with E-state index in [4.69, 9.17) is 16.0 Å². The standard InChI is InChI=1S/C15H10ClF2N3O2/c16-9-4-3-8(13-12(9)21-14(22)23-13)10-5-20-11(6-19-10)15(17,18)7-1-2-7/h3-7H,1-2H2,(H,21,22). The van der Waals surface area contributed by atoms with E-state index in [0.717, 1.165) is 6.20 Å². The molecular formula is C15H10ClF2N3O2. The molecule has 1 saturated carbocycles. The van der Waals surface area contributed by atoms with Gasteiger partial charge in [-0.1, -0.05) is 11.6 Å². The Hall–Kier alpha value is -2.28. The summed E-state index contributed by atoms with van der Waals surface area (Å²) in [7, 11) is 0. The van der Waals surface area contributed by atoms with E-state index in [-0.39, 0.29) is 11.3 Å². The van der Waals surface area contributed by atoms with Gasteiger partial charge in [0.05, 0.1) is 23.1 Å². The molecule has 1 aromatic carbocycles. The molecule has 1 aliphatic rings. The van der Waals surface area contributed by atoms with Gasteiger partial charge in [-0.3, -0.25) is 15.0 Å². The lowest BCUT2D eigenvalue weighted by atomic mass is 10.1. The second-order valence-electron chi connectivity index (χ2n) is 5.50. The lowest BCUT2D eigenvalue weighted by molar-refractivity contribution is -0.0331. The quantitative estimate of drug-likeness (QED) is 0.790. The van der Waals surface area contributed by atoms with Crippen LogP contribution in [0.25, 0.3) is 22.4 Å². The van der Waals surface area contributed by atoms with Gasteiger partial charge in [0.1, 0.15) is 11.2 Å². The van der Waals surface area contributed by atoms with E-state index in [1.165, 1.54) is 6.20 Å². The zero-order chi connectivity index (χ0) is 16.2. The highest BCUT2D eigenvalue weighted by atomic mass is 35.5. The number of halogens is 3. The highest BCUT2D eigenvalue weighted by Gasteiger charge is 2.49. The molecule has 2 heterocycles. The summed E-state index contributed by atoms with van der Waals surface area (Å²) in [6.07, 6.45) is 3.33. The van der Waals surface area contributed by atoms with Crippen LogP contribution >= 0.6 is 11.6 Å². The molecule has 8 heteroatoms. The Morgan fingerprint density at radius 1 is 1.26 bits per heavy atom. The molecule has 2 aromatic heterocycles. The first-order valence-electron chi connectivity index (χ1n) is 6.99. The lowest BCUT2D eigenvalue weighted by Gasteiger charge is -2.14. The zero-order valence-electron chi connectivity index (χ0n) is 11.6. The predicted octanol–water partition coefficient (Wildman–Crippen LogP) is 3.73. The van der Waals surface area contributed by atoms with Crippen molar-refractivity contribution in [3.63, 3.8) is 0 Å². The average Bonchev–Trinajstić information content (AvgIpc) is 3.31. The highest BCUT2D eigenvalue weighted by molar-refractivity contribution is 6.35. The summed E-state index contributed by atoms with van der Waals surface area (Å²) in [5.74, 6) is -4.26. The van der Waals surface area contributed by atoms with Gasteiger partial charge >= 0.3 is 5.76 Å². The van der Waals surface area contributed by atoms with Crippen molar-refractivity contribution in [2.24, 2.45) is 5.92 Å². The predicted molar refractivity (Wildman–Crippen MR) is 79.5 cm³/mol. The second-order valence-corrected chi connectivity index (χ2v) is 5.90. The minimum Gasteiger partial charge on any atom is -0.407 e. The number of benzene rings is 1. The van der Waals surface area contributed by atoms with Crippen molar-refractivity contribution in [2.75, 3.05) is 0 Å². The van der Waals surface area contributed by atoms with Gasteiger partial charge in [0.15, 0.2) is 5.58 Å². The summed E-state index contributed by atoms with van der Waals surface area (Å²) < 4.78 is 33.1. The van der Waals surface area contributed by atoms with Crippen molar-refractivity contribution in [1.29, 1.82) is 0 Å². The van der Waals surface area contributed by atoms with Gasteiger partial charge in [0.25, 0.3) is 5.92 Å². The molecule has 23 heavy (non-hydrogen) atoms. The van der Waals surface area contributed by atoms with E-state index in [1.807, 2.05) is 0 Å². The normalized spacial score (nSPS) is 15.3. The van der Waals surface area contributed by atoms with Crippen LogP contribution in [0.4, 0.5) is 8.78 Å². The van der Waals surface area contributed by atoms with Crippen molar-refractivity contribution in [2.45, 2.75) is 18.8 Å². The molecule has 4 rings (SSSR count). The lowest BCUT2D eigenvalue weighted by Crippen LogP contribution is -2.18. The smallest absolute Gasteiger partial charge is 0.407 e. The van der Waals surface area contributed by atoms with Gasteiger partial charge in [-0.15, -0.1) is 0 Å². The molecule has 0 aliphatic heterocycles. The summed E-state index contributed by atoms with van der Waals surface area (Å²) >= 11 is 5.99. The molecule has 0 amide bonds. The van der Waals surface area contributed by atoms with Crippen molar-refractivity contribution < 1.29 is 13.2 Å². The maximum Gasteiger partial charge on any atom is 0.417 e. The van der Waals surface area contributed by atoms with E-state index in [1.54, 1.807) is 12.1 Å². The van der Waals surface area contributed by atoms with Crippen molar-refractivity contribution in [3.8, 4) is 11.3 Å². The molecule has 1 aliphatic carbocycles. The van der Waals surface area contributed by atoms with Gasteiger partial charge in [0.2, 0.25) is 0 Å². The number of oxazole rings is 1. The minimum atomic E-state index is -2.96. The number of fused-ring (bicyclic) bond motifs is 1. The molecular weight excluding hydrogens is 328 g/mol. The van der Waals surface area contributed by atoms with Crippen LogP contribution in [0.15, 0.2) is 33.7 Å². The van der Waals surface area contributed by atoms with Crippen LogP contribution < -0.4 is 5.76 Å². The van der Waals surface area contributed by atoms with E-state index >= 15 is 0 Å². The van der Waals surface area contributed by atoms with Gasteiger partial charge in [-0.2, -0.15) is 8.78 Å². The Balaban J connectivity index is 1.80. The van der Waals surface area contributed by atoms with Crippen LogP contribution in [0.3, 0.4) is 0 Å². The Morgan fingerprint density at radius 2 is 2.04 bits per heavy atom. The maximum atomic E-state index is 14.0. The first-order chi connectivity index (χ1) is 11.0. The Kier molecular flexibility index (Phi) is 3.02. The molecule has 3 aromatic rings. The van der Waals surface area contributed by atoms with E-state index < -0.39 is 17.6 Å². The van der Waals surface area contributed by atoms with Crippen molar-refractivity contribution >= 4 is 22.7 Å². The summed E-state index contributed by atoms with van der Waals surface area (Å²) in [5, 5.41) is 0.319. The number of rotatable bonds is 3. The number of nitrogens with one attached hydrogen (secondary N) is 1. The summed E-state index contributed by atoms with van der Waals surface area (Å²) in [5.41, 5.74) is 0.993. The molecule has 1 N–H and O–H groups in total. The number of hydrogen-bond acceptors (Lipinski definition) is 4. The number of alkyl halides is 2. The molecule has 5 nitrogen and oxygen atoms in total. The van der Waals surface area contributed by atoms with Crippen molar-refractivity contribution in [3.05, 3.63) is 45.8 Å². The SMILES string of the molecule is O=c1[nH]c2c(Cl)ccc(-c3cnc(C(F)(F)C4CC4)cn3)c2o1. The van der Waals surface area contributed by atoms with Crippen LogP contribution in [-0.2, 0) is 5.92 Å². The third-order valence-electron chi connectivity index (χ3n) is 3.89. The fourth-order valence-electron chi connectivity index (χ4n) is 2.50. The van der Waals surface area contributed by atoms with E-state index in [9.17, 15) is 13.6 Å². The first kappa shape index (κ1) is 14.3. The average molecular weight is 338 g/mol. The van der Waals surface area contributed by atoms with Crippen LogP contribution in [-0.4, -0.2) is 15.0 Å². The summed E-state index contributed by atoms with van der Waals surface area (Å²) in [4.78, 5) is 21.8.